The molecule has 0 spiro atoms. The largest absolute Gasteiger partial charge is 0.497 e. The molecule has 2 aromatic heterocycles. The molecule has 1 atom stereocenters. The highest BCUT2D eigenvalue weighted by atomic mass is 32.1. The molecule has 0 fully saturated rings. The van der Waals surface area contributed by atoms with E-state index in [2.05, 4.69) is 15.4 Å². The maximum Gasteiger partial charge on any atom is 0.258 e. The number of thiophene rings is 1. The first-order valence-electron chi connectivity index (χ1n) is 9.92. The smallest absolute Gasteiger partial charge is 0.258 e. The van der Waals surface area contributed by atoms with Crippen LogP contribution in [0.1, 0.15) is 30.8 Å². The van der Waals surface area contributed by atoms with Gasteiger partial charge in [-0.05, 0) is 54.7 Å². The van der Waals surface area contributed by atoms with Crippen LogP contribution in [0.25, 0.3) is 16.3 Å². The van der Waals surface area contributed by atoms with Crippen LogP contribution in [-0.4, -0.2) is 47.5 Å². The van der Waals surface area contributed by atoms with Gasteiger partial charge in [0.1, 0.15) is 5.75 Å². The van der Waals surface area contributed by atoms with E-state index in [9.17, 15) is 0 Å². The molecule has 3 heterocycles. The molecule has 3 aromatic rings. The van der Waals surface area contributed by atoms with Crippen LogP contribution in [0.15, 0.2) is 52.0 Å². The lowest BCUT2D eigenvalue weighted by Crippen LogP contribution is -2.46. The average molecular weight is 457 g/mol. The predicted molar refractivity (Wildman–Crippen MR) is 125 cm³/mol. The normalized spacial score (nSPS) is 16.5. The summed E-state index contributed by atoms with van der Waals surface area (Å²) in [7, 11) is 3.35. The fourth-order valence-corrected chi connectivity index (χ4v) is 4.60. The van der Waals surface area contributed by atoms with Crippen LogP contribution < -0.4 is 10.1 Å². The van der Waals surface area contributed by atoms with E-state index in [4.69, 9.17) is 31.2 Å². The molecule has 1 unspecified atom stereocenters. The van der Waals surface area contributed by atoms with Crippen molar-refractivity contribution in [2.45, 2.75) is 19.4 Å². The summed E-state index contributed by atoms with van der Waals surface area (Å²) < 4.78 is 16.4. The van der Waals surface area contributed by atoms with Crippen LogP contribution in [-0.2, 0) is 4.74 Å². The number of aromatic nitrogens is 2. The van der Waals surface area contributed by atoms with Crippen molar-refractivity contribution in [3.8, 4) is 16.5 Å². The molecule has 9 heteroatoms. The standard InChI is InChI=1S/C22H24N4O3S2/c1-14-18(21-24-20(25-29-21)17-9-5-12-31-17)19(15-7-4-8-16(13-15)28-3)23-22(30)26(14)10-6-11-27-2/h4-5,7-9,12-13,19H,6,10-11H2,1-3H3,(H,23,30). The zero-order valence-corrected chi connectivity index (χ0v) is 19.3. The zero-order chi connectivity index (χ0) is 21.8. The number of allylic oxidation sites excluding steroid dienone is 1. The van der Waals surface area contributed by atoms with E-state index >= 15 is 0 Å². The Labute approximate surface area is 190 Å². The third kappa shape index (κ3) is 4.48. The molecule has 4 rings (SSSR count). The van der Waals surface area contributed by atoms with Crippen LogP contribution in [0, 0.1) is 0 Å². The van der Waals surface area contributed by atoms with Crippen LogP contribution in [0.2, 0.25) is 0 Å². The van der Waals surface area contributed by atoms with Gasteiger partial charge in [-0.2, -0.15) is 4.98 Å². The molecule has 7 nitrogen and oxygen atoms in total. The topological polar surface area (TPSA) is 72.7 Å². The molecule has 1 aromatic carbocycles. The molecule has 0 radical (unpaired) electrons. The Morgan fingerprint density at radius 2 is 2.13 bits per heavy atom. The third-order valence-electron chi connectivity index (χ3n) is 5.15. The van der Waals surface area contributed by atoms with Crippen molar-refractivity contribution in [2.75, 3.05) is 27.4 Å². The Bertz CT molecular complexity index is 1080. The van der Waals surface area contributed by atoms with E-state index < -0.39 is 0 Å². The van der Waals surface area contributed by atoms with Gasteiger partial charge in [-0.15, -0.1) is 11.3 Å². The Morgan fingerprint density at radius 1 is 1.26 bits per heavy atom. The predicted octanol–water partition coefficient (Wildman–Crippen LogP) is 4.51. The van der Waals surface area contributed by atoms with Crippen molar-refractivity contribution < 1.29 is 14.0 Å². The van der Waals surface area contributed by atoms with Gasteiger partial charge in [-0.1, -0.05) is 23.4 Å². The summed E-state index contributed by atoms with van der Waals surface area (Å²) in [6.07, 6.45) is 0.844. The first kappa shape index (κ1) is 21.5. The third-order valence-corrected chi connectivity index (χ3v) is 6.36. The first-order chi connectivity index (χ1) is 15.1. The van der Waals surface area contributed by atoms with Gasteiger partial charge in [-0.3, -0.25) is 0 Å². The SMILES string of the molecule is COCCCN1C(=S)NC(c2cccc(OC)c2)C(c2nc(-c3cccs3)no2)=C1C. The summed E-state index contributed by atoms with van der Waals surface area (Å²) in [5, 5.41) is 10.3. The molecule has 0 saturated heterocycles. The van der Waals surface area contributed by atoms with E-state index in [1.165, 1.54) is 0 Å². The number of hydrogen-bond donors (Lipinski definition) is 1. The Kier molecular flexibility index (Phi) is 6.64. The fourth-order valence-electron chi connectivity index (χ4n) is 3.60. The fraction of sp³-hybridized carbons (Fsp3) is 0.318. The van der Waals surface area contributed by atoms with Gasteiger partial charge >= 0.3 is 0 Å². The zero-order valence-electron chi connectivity index (χ0n) is 17.6. The van der Waals surface area contributed by atoms with Crippen LogP contribution in [0.3, 0.4) is 0 Å². The summed E-state index contributed by atoms with van der Waals surface area (Å²) in [5.41, 5.74) is 2.88. The number of benzene rings is 1. The highest BCUT2D eigenvalue weighted by molar-refractivity contribution is 7.80. The molecule has 0 amide bonds. The van der Waals surface area contributed by atoms with Crippen molar-refractivity contribution in [3.05, 3.63) is 58.9 Å². The minimum atomic E-state index is -0.238. The summed E-state index contributed by atoms with van der Waals surface area (Å²) in [4.78, 5) is 7.74. The minimum Gasteiger partial charge on any atom is -0.497 e. The number of nitrogens with one attached hydrogen (secondary N) is 1. The number of methoxy groups -OCH3 is 2. The lowest BCUT2D eigenvalue weighted by molar-refractivity contribution is 0.188. The number of thiocarbonyl (C=S) groups is 1. The summed E-state index contributed by atoms with van der Waals surface area (Å²) >= 11 is 7.28. The highest BCUT2D eigenvalue weighted by Gasteiger charge is 2.34. The average Bonchev–Trinajstić information content (AvgIpc) is 3.48. The Hall–Kier alpha value is -2.75. The molecule has 1 aliphatic heterocycles. The van der Waals surface area contributed by atoms with Crippen LogP contribution >= 0.6 is 23.6 Å². The van der Waals surface area contributed by atoms with E-state index in [0.29, 0.717) is 23.4 Å². The van der Waals surface area contributed by atoms with Gasteiger partial charge < -0.3 is 24.2 Å². The minimum absolute atomic E-state index is 0.238. The van der Waals surface area contributed by atoms with Gasteiger partial charge in [0, 0.05) is 26.0 Å². The summed E-state index contributed by atoms with van der Waals surface area (Å²) in [5.74, 6) is 1.82. The van der Waals surface area contributed by atoms with Crippen molar-refractivity contribution in [2.24, 2.45) is 0 Å². The lowest BCUT2D eigenvalue weighted by atomic mass is 9.94. The van der Waals surface area contributed by atoms with E-state index in [-0.39, 0.29) is 6.04 Å². The van der Waals surface area contributed by atoms with Crippen molar-refractivity contribution >= 4 is 34.2 Å². The lowest BCUT2D eigenvalue weighted by Gasteiger charge is -2.37. The second-order valence-electron chi connectivity index (χ2n) is 7.06. The van der Waals surface area contributed by atoms with Crippen molar-refractivity contribution in [1.29, 1.82) is 0 Å². The maximum absolute atomic E-state index is 5.74. The summed E-state index contributed by atoms with van der Waals surface area (Å²) in [6, 6.07) is 11.6. The van der Waals surface area contributed by atoms with Crippen LogP contribution in [0.5, 0.6) is 5.75 Å². The Balaban J connectivity index is 1.77. The maximum atomic E-state index is 5.74. The highest BCUT2D eigenvalue weighted by Crippen LogP contribution is 2.38. The number of rotatable bonds is 8. The second kappa shape index (κ2) is 9.59. The monoisotopic (exact) mass is 456 g/mol. The number of ether oxygens (including phenoxy) is 2. The number of hydrogen-bond acceptors (Lipinski definition) is 7. The Morgan fingerprint density at radius 3 is 2.87 bits per heavy atom. The molecule has 1 aliphatic rings. The molecule has 0 aliphatic carbocycles. The van der Waals surface area contributed by atoms with Gasteiger partial charge in [0.05, 0.1) is 23.6 Å². The molecule has 1 N–H and O–H groups in total. The molecule has 0 saturated carbocycles. The molecule has 0 bridgehead atoms. The van der Waals surface area contributed by atoms with E-state index in [1.54, 1.807) is 25.6 Å². The van der Waals surface area contributed by atoms with Gasteiger partial charge in [0.2, 0.25) is 5.82 Å². The van der Waals surface area contributed by atoms with Gasteiger partial charge in [0.25, 0.3) is 5.89 Å². The molecule has 162 valence electrons. The van der Waals surface area contributed by atoms with Crippen LogP contribution in [0.4, 0.5) is 0 Å². The summed E-state index contributed by atoms with van der Waals surface area (Å²) in [6.45, 7) is 3.42. The van der Waals surface area contributed by atoms with E-state index in [1.807, 2.05) is 48.7 Å². The molecule has 31 heavy (non-hydrogen) atoms. The van der Waals surface area contributed by atoms with Gasteiger partial charge in [-0.25, -0.2) is 0 Å². The van der Waals surface area contributed by atoms with Crippen molar-refractivity contribution in [3.63, 3.8) is 0 Å². The van der Waals surface area contributed by atoms with Crippen molar-refractivity contribution in [1.82, 2.24) is 20.4 Å². The first-order valence-corrected chi connectivity index (χ1v) is 11.2. The quantitative estimate of drug-likeness (QED) is 0.392. The van der Waals surface area contributed by atoms with E-state index in [0.717, 1.165) is 40.4 Å². The number of nitrogens with zero attached hydrogens (tertiary/aromatic N) is 3. The molecular weight excluding hydrogens is 432 g/mol. The molecular formula is C22H24N4O3S2. The van der Waals surface area contributed by atoms with Gasteiger partial charge in [0.15, 0.2) is 5.11 Å². The second-order valence-corrected chi connectivity index (χ2v) is 8.39.